The van der Waals surface area contributed by atoms with E-state index in [-0.39, 0.29) is 12.3 Å². The van der Waals surface area contributed by atoms with E-state index in [0.29, 0.717) is 22.9 Å². The quantitative estimate of drug-likeness (QED) is 0.901. The van der Waals surface area contributed by atoms with Gasteiger partial charge < -0.3 is 5.11 Å². The molecule has 1 unspecified atom stereocenters. The lowest BCUT2D eigenvalue weighted by Crippen LogP contribution is -2.40. The van der Waals surface area contributed by atoms with E-state index in [1.165, 1.54) is 0 Å². The van der Waals surface area contributed by atoms with Crippen molar-refractivity contribution in [3.05, 3.63) is 34.3 Å². The summed E-state index contributed by atoms with van der Waals surface area (Å²) in [5, 5.41) is 9.05. The zero-order chi connectivity index (χ0) is 14.0. The fraction of sp³-hybridized carbons (Fsp3) is 0.417. The van der Waals surface area contributed by atoms with Crippen molar-refractivity contribution in [1.82, 2.24) is 4.31 Å². The minimum Gasteiger partial charge on any atom is -0.480 e. The third kappa shape index (κ3) is 3.16. The maximum Gasteiger partial charge on any atom is 0.322 e. The van der Waals surface area contributed by atoms with E-state index >= 15 is 0 Å². The number of halogens is 1. The maximum atomic E-state index is 12.3. The Kier molecular flexibility index (Phi) is 4.27. The molecule has 7 heteroatoms. The maximum absolute atomic E-state index is 12.3. The van der Waals surface area contributed by atoms with Crippen molar-refractivity contribution in [3.8, 4) is 0 Å². The van der Waals surface area contributed by atoms with Crippen LogP contribution in [0, 0.1) is 0 Å². The molecule has 1 aromatic carbocycles. The van der Waals surface area contributed by atoms with Crippen LogP contribution in [0.3, 0.4) is 0 Å². The highest BCUT2D eigenvalue weighted by Gasteiger charge is 2.38. The Labute approximate surface area is 120 Å². The Morgan fingerprint density at radius 1 is 1.42 bits per heavy atom. The van der Waals surface area contributed by atoms with Crippen LogP contribution in [0.2, 0.25) is 0 Å². The molecule has 1 aliphatic rings. The van der Waals surface area contributed by atoms with Gasteiger partial charge in [-0.05, 0) is 24.5 Å². The minimum absolute atomic E-state index is 0.182. The third-order valence-electron chi connectivity index (χ3n) is 3.14. The van der Waals surface area contributed by atoms with Crippen LogP contribution in [0.5, 0.6) is 0 Å². The zero-order valence-corrected chi connectivity index (χ0v) is 12.5. The summed E-state index contributed by atoms with van der Waals surface area (Å²) in [5.41, 5.74) is 0.638. The number of sulfonamides is 1. The molecular formula is C12H14BrNO4S. The number of aliphatic carboxylic acids is 1. The van der Waals surface area contributed by atoms with E-state index in [0.717, 1.165) is 4.31 Å². The first-order valence-electron chi connectivity index (χ1n) is 5.87. The lowest BCUT2D eigenvalue weighted by molar-refractivity contribution is -0.140. The van der Waals surface area contributed by atoms with E-state index < -0.39 is 22.0 Å². The first-order valence-corrected chi connectivity index (χ1v) is 8.28. The summed E-state index contributed by atoms with van der Waals surface area (Å²) >= 11 is 3.30. The Balaban J connectivity index is 2.24. The molecule has 0 aliphatic carbocycles. The van der Waals surface area contributed by atoms with Crippen molar-refractivity contribution in [2.45, 2.75) is 24.6 Å². The van der Waals surface area contributed by atoms with E-state index in [4.69, 9.17) is 5.11 Å². The second kappa shape index (κ2) is 5.60. The highest BCUT2D eigenvalue weighted by molar-refractivity contribution is 9.10. The molecule has 0 spiro atoms. The summed E-state index contributed by atoms with van der Waals surface area (Å²) in [4.78, 5) is 11.1. The molecule has 2 rings (SSSR count). The van der Waals surface area contributed by atoms with Crippen LogP contribution in [-0.2, 0) is 20.6 Å². The Morgan fingerprint density at radius 2 is 2.11 bits per heavy atom. The van der Waals surface area contributed by atoms with Crippen molar-refractivity contribution >= 4 is 31.9 Å². The summed E-state index contributed by atoms with van der Waals surface area (Å²) in [7, 11) is -3.61. The fourth-order valence-electron chi connectivity index (χ4n) is 2.21. The molecule has 5 nitrogen and oxygen atoms in total. The van der Waals surface area contributed by atoms with E-state index in [1.54, 1.807) is 24.3 Å². The number of hydrogen-bond acceptors (Lipinski definition) is 3. The van der Waals surface area contributed by atoms with Gasteiger partial charge in [-0.2, -0.15) is 4.31 Å². The third-order valence-corrected chi connectivity index (χ3v) is 5.74. The van der Waals surface area contributed by atoms with Crippen LogP contribution in [0.15, 0.2) is 28.7 Å². The molecule has 0 saturated carbocycles. The molecule has 1 aromatic rings. The average Bonchev–Trinajstić information content (AvgIpc) is 2.82. The van der Waals surface area contributed by atoms with E-state index in [9.17, 15) is 13.2 Å². The van der Waals surface area contributed by atoms with Gasteiger partial charge in [0.1, 0.15) is 6.04 Å². The molecule has 1 N–H and O–H groups in total. The van der Waals surface area contributed by atoms with Gasteiger partial charge in [0.05, 0.1) is 5.75 Å². The smallest absolute Gasteiger partial charge is 0.322 e. The average molecular weight is 348 g/mol. The lowest BCUT2D eigenvalue weighted by Gasteiger charge is -2.21. The Bertz CT molecular complexity index is 587. The summed E-state index contributed by atoms with van der Waals surface area (Å²) in [5.74, 6) is -1.26. The van der Waals surface area contributed by atoms with Crippen molar-refractivity contribution < 1.29 is 18.3 Å². The van der Waals surface area contributed by atoms with Gasteiger partial charge in [0, 0.05) is 11.0 Å². The normalized spacial score (nSPS) is 20.6. The van der Waals surface area contributed by atoms with Crippen LogP contribution < -0.4 is 0 Å². The largest absolute Gasteiger partial charge is 0.480 e. The Hall–Kier alpha value is -0.920. The molecule has 19 heavy (non-hydrogen) atoms. The minimum atomic E-state index is -3.61. The molecule has 0 bridgehead atoms. The highest BCUT2D eigenvalue weighted by Crippen LogP contribution is 2.26. The zero-order valence-electron chi connectivity index (χ0n) is 10.1. The van der Waals surface area contributed by atoms with Gasteiger partial charge in [-0.1, -0.05) is 34.1 Å². The second-order valence-electron chi connectivity index (χ2n) is 4.45. The molecule has 0 radical (unpaired) electrons. The number of benzene rings is 1. The highest BCUT2D eigenvalue weighted by atomic mass is 79.9. The van der Waals surface area contributed by atoms with Gasteiger partial charge in [0.2, 0.25) is 10.0 Å². The fourth-order valence-corrected chi connectivity index (χ4v) is 4.63. The summed E-state index contributed by atoms with van der Waals surface area (Å²) in [6.07, 6.45) is 0.969. The standard InChI is InChI=1S/C12H14BrNO4S/c13-10-5-2-1-4-9(10)8-19(17,18)14-7-3-6-11(14)12(15)16/h1-2,4-5,11H,3,6-8H2,(H,15,16). The molecule has 1 heterocycles. The van der Waals surface area contributed by atoms with Crippen LogP contribution in [0.1, 0.15) is 18.4 Å². The first-order chi connectivity index (χ1) is 8.92. The number of hydrogen-bond donors (Lipinski definition) is 1. The monoisotopic (exact) mass is 347 g/mol. The van der Waals surface area contributed by atoms with E-state index in [2.05, 4.69) is 15.9 Å². The van der Waals surface area contributed by atoms with Crippen molar-refractivity contribution in [2.75, 3.05) is 6.54 Å². The van der Waals surface area contributed by atoms with Gasteiger partial charge in [-0.3, -0.25) is 4.79 Å². The van der Waals surface area contributed by atoms with Gasteiger partial charge in [-0.25, -0.2) is 8.42 Å². The molecule has 1 atom stereocenters. The predicted octanol–water partition coefficient (Wildman–Crippen LogP) is 1.83. The topological polar surface area (TPSA) is 74.7 Å². The van der Waals surface area contributed by atoms with E-state index in [1.807, 2.05) is 0 Å². The Morgan fingerprint density at radius 3 is 2.74 bits per heavy atom. The van der Waals surface area contributed by atoms with Crippen LogP contribution in [0.25, 0.3) is 0 Å². The van der Waals surface area contributed by atoms with Crippen LogP contribution >= 0.6 is 15.9 Å². The summed E-state index contributed by atoms with van der Waals surface area (Å²) < 4.78 is 26.4. The molecular weight excluding hydrogens is 334 g/mol. The summed E-state index contributed by atoms with van der Waals surface area (Å²) in [6.45, 7) is 0.282. The van der Waals surface area contributed by atoms with Gasteiger partial charge in [0.25, 0.3) is 0 Å². The molecule has 0 aromatic heterocycles. The summed E-state index contributed by atoms with van der Waals surface area (Å²) in [6, 6.07) is 6.12. The SMILES string of the molecule is O=C(O)C1CCCN1S(=O)(=O)Cc1ccccc1Br. The number of carboxylic acids is 1. The lowest BCUT2D eigenvalue weighted by atomic mass is 10.2. The number of carboxylic acid groups (broad SMARTS) is 1. The van der Waals surface area contributed by atoms with Crippen LogP contribution in [-0.4, -0.2) is 36.4 Å². The first kappa shape index (κ1) is 14.5. The van der Waals surface area contributed by atoms with Crippen LogP contribution in [0.4, 0.5) is 0 Å². The number of nitrogens with zero attached hydrogens (tertiary/aromatic N) is 1. The van der Waals surface area contributed by atoms with Crippen molar-refractivity contribution in [1.29, 1.82) is 0 Å². The predicted molar refractivity (Wildman–Crippen MR) is 74.1 cm³/mol. The molecule has 1 saturated heterocycles. The van der Waals surface area contributed by atoms with Gasteiger partial charge in [0.15, 0.2) is 0 Å². The van der Waals surface area contributed by atoms with Gasteiger partial charge >= 0.3 is 5.97 Å². The molecule has 104 valence electrons. The molecule has 1 fully saturated rings. The molecule has 1 aliphatic heterocycles. The molecule has 0 amide bonds. The second-order valence-corrected chi connectivity index (χ2v) is 7.23. The number of rotatable bonds is 4. The van der Waals surface area contributed by atoms with Gasteiger partial charge in [-0.15, -0.1) is 0 Å². The van der Waals surface area contributed by atoms with Crippen molar-refractivity contribution in [3.63, 3.8) is 0 Å². The van der Waals surface area contributed by atoms with Crippen molar-refractivity contribution in [2.24, 2.45) is 0 Å². The number of carbonyl (C=O) groups is 1.